The van der Waals surface area contributed by atoms with Crippen molar-refractivity contribution in [1.82, 2.24) is 4.90 Å². The summed E-state index contributed by atoms with van der Waals surface area (Å²) >= 11 is 2.00. The number of carbonyl (C=O) groups is 1. The van der Waals surface area contributed by atoms with E-state index in [0.717, 1.165) is 19.3 Å². The highest BCUT2D eigenvalue weighted by atomic mass is 127. The molecule has 1 aliphatic rings. The number of amides is 1. The Morgan fingerprint density at radius 2 is 2.26 bits per heavy atom. The molecule has 0 aliphatic heterocycles. The van der Waals surface area contributed by atoms with Crippen molar-refractivity contribution < 1.29 is 9.18 Å². The van der Waals surface area contributed by atoms with Crippen LogP contribution in [-0.4, -0.2) is 30.4 Å². The van der Waals surface area contributed by atoms with Crippen LogP contribution in [0.25, 0.3) is 0 Å². The van der Waals surface area contributed by atoms with Crippen molar-refractivity contribution in [2.24, 2.45) is 11.7 Å². The molecule has 1 aromatic carbocycles. The van der Waals surface area contributed by atoms with Gasteiger partial charge in [0.2, 0.25) is 0 Å². The van der Waals surface area contributed by atoms with Gasteiger partial charge in [-0.1, -0.05) is 6.42 Å². The standard InChI is InChI=1S/C14H18FIN2O/c1-18(13-4-2-3-9(13)8-17)14(19)11-6-5-10(15)7-12(11)16/h5-7,9,13H,2-4,8,17H2,1H3. The van der Waals surface area contributed by atoms with Gasteiger partial charge in [0.1, 0.15) is 5.82 Å². The number of hydrogen-bond acceptors (Lipinski definition) is 2. The Labute approximate surface area is 126 Å². The Bertz CT molecular complexity index is 481. The number of halogens is 2. The van der Waals surface area contributed by atoms with Crippen LogP contribution in [0.3, 0.4) is 0 Å². The summed E-state index contributed by atoms with van der Waals surface area (Å²) in [5.41, 5.74) is 6.32. The maximum absolute atomic E-state index is 13.1. The number of nitrogens with two attached hydrogens (primary N) is 1. The van der Waals surface area contributed by atoms with Crippen LogP contribution in [0.2, 0.25) is 0 Å². The van der Waals surface area contributed by atoms with Crippen LogP contribution in [0.5, 0.6) is 0 Å². The van der Waals surface area contributed by atoms with Gasteiger partial charge in [-0.3, -0.25) is 4.79 Å². The Balaban J connectivity index is 2.19. The topological polar surface area (TPSA) is 46.3 Å². The second-order valence-electron chi connectivity index (χ2n) is 5.03. The summed E-state index contributed by atoms with van der Waals surface area (Å²) in [6, 6.07) is 4.48. The van der Waals surface area contributed by atoms with Gasteiger partial charge in [-0.25, -0.2) is 4.39 Å². The average Bonchev–Trinajstić information content (AvgIpc) is 2.85. The second kappa shape index (κ2) is 6.17. The lowest BCUT2D eigenvalue weighted by Gasteiger charge is -2.29. The highest BCUT2D eigenvalue weighted by Crippen LogP contribution is 2.29. The molecule has 2 atom stereocenters. The number of carbonyl (C=O) groups excluding carboxylic acids is 1. The summed E-state index contributed by atoms with van der Waals surface area (Å²) in [5, 5.41) is 0. The van der Waals surface area contributed by atoms with E-state index in [9.17, 15) is 9.18 Å². The molecule has 1 aliphatic carbocycles. The zero-order valence-electron chi connectivity index (χ0n) is 10.9. The Kier molecular flexibility index (Phi) is 4.78. The summed E-state index contributed by atoms with van der Waals surface area (Å²) in [4.78, 5) is 14.3. The van der Waals surface area contributed by atoms with E-state index in [4.69, 9.17) is 5.73 Å². The molecule has 0 heterocycles. The molecule has 1 aromatic rings. The van der Waals surface area contributed by atoms with E-state index >= 15 is 0 Å². The van der Waals surface area contributed by atoms with Gasteiger partial charge in [0.05, 0.1) is 5.56 Å². The van der Waals surface area contributed by atoms with Crippen LogP contribution in [0.1, 0.15) is 29.6 Å². The average molecular weight is 376 g/mol. The van der Waals surface area contributed by atoms with Crippen molar-refractivity contribution in [2.45, 2.75) is 25.3 Å². The Morgan fingerprint density at radius 1 is 1.53 bits per heavy atom. The summed E-state index contributed by atoms with van der Waals surface area (Å²) in [5.74, 6) is 0.0195. The van der Waals surface area contributed by atoms with Crippen molar-refractivity contribution in [3.63, 3.8) is 0 Å². The minimum absolute atomic E-state index is 0.0465. The van der Waals surface area contributed by atoms with E-state index in [2.05, 4.69) is 0 Å². The molecule has 2 rings (SSSR count). The predicted octanol–water partition coefficient (Wildman–Crippen LogP) is 2.63. The summed E-state index contributed by atoms with van der Waals surface area (Å²) in [6.07, 6.45) is 3.20. The molecule has 1 amide bonds. The van der Waals surface area contributed by atoms with Gasteiger partial charge < -0.3 is 10.6 Å². The zero-order valence-corrected chi connectivity index (χ0v) is 13.1. The Hall–Kier alpha value is -0.690. The molecule has 19 heavy (non-hydrogen) atoms. The molecular weight excluding hydrogens is 358 g/mol. The van der Waals surface area contributed by atoms with Crippen LogP contribution >= 0.6 is 22.6 Å². The van der Waals surface area contributed by atoms with E-state index < -0.39 is 0 Å². The fourth-order valence-electron chi connectivity index (χ4n) is 2.81. The first kappa shape index (κ1) is 14.7. The van der Waals surface area contributed by atoms with E-state index in [1.807, 2.05) is 29.6 Å². The maximum atomic E-state index is 13.1. The quantitative estimate of drug-likeness (QED) is 0.825. The predicted molar refractivity (Wildman–Crippen MR) is 81.4 cm³/mol. The lowest BCUT2D eigenvalue weighted by atomic mass is 10.0. The number of rotatable bonds is 3. The fourth-order valence-corrected chi connectivity index (χ4v) is 3.51. The molecule has 0 bridgehead atoms. The smallest absolute Gasteiger partial charge is 0.254 e. The van der Waals surface area contributed by atoms with Crippen molar-refractivity contribution in [2.75, 3.05) is 13.6 Å². The van der Waals surface area contributed by atoms with Crippen molar-refractivity contribution in [1.29, 1.82) is 0 Å². The van der Waals surface area contributed by atoms with Crippen molar-refractivity contribution >= 4 is 28.5 Å². The molecule has 104 valence electrons. The lowest BCUT2D eigenvalue weighted by molar-refractivity contribution is 0.0699. The van der Waals surface area contributed by atoms with E-state index in [-0.39, 0.29) is 17.8 Å². The number of benzene rings is 1. The van der Waals surface area contributed by atoms with E-state index in [1.54, 1.807) is 11.0 Å². The van der Waals surface area contributed by atoms with Crippen LogP contribution in [0.4, 0.5) is 4.39 Å². The van der Waals surface area contributed by atoms with Crippen LogP contribution in [0, 0.1) is 15.3 Å². The molecule has 3 nitrogen and oxygen atoms in total. The fraction of sp³-hybridized carbons (Fsp3) is 0.500. The monoisotopic (exact) mass is 376 g/mol. The van der Waals surface area contributed by atoms with Gasteiger partial charge in [0, 0.05) is 16.7 Å². The van der Waals surface area contributed by atoms with Crippen LogP contribution in [0.15, 0.2) is 18.2 Å². The third-order valence-electron chi connectivity index (χ3n) is 3.90. The molecule has 1 fully saturated rings. The first-order valence-corrected chi connectivity index (χ1v) is 7.54. The molecular formula is C14H18FIN2O. The highest BCUT2D eigenvalue weighted by molar-refractivity contribution is 14.1. The molecule has 2 N–H and O–H groups in total. The molecule has 0 spiro atoms. The number of hydrogen-bond donors (Lipinski definition) is 1. The van der Waals surface area contributed by atoms with E-state index in [0.29, 0.717) is 21.6 Å². The van der Waals surface area contributed by atoms with E-state index in [1.165, 1.54) is 12.1 Å². The van der Waals surface area contributed by atoms with Crippen LogP contribution < -0.4 is 5.73 Å². The highest BCUT2D eigenvalue weighted by Gasteiger charge is 2.32. The third-order valence-corrected chi connectivity index (χ3v) is 4.79. The molecule has 1 saturated carbocycles. The number of nitrogens with zero attached hydrogens (tertiary/aromatic N) is 1. The van der Waals surface area contributed by atoms with Gasteiger partial charge in [0.25, 0.3) is 5.91 Å². The SMILES string of the molecule is CN(C(=O)c1ccc(F)cc1I)C1CCCC1CN. The Morgan fingerprint density at radius 3 is 2.89 bits per heavy atom. The van der Waals surface area contributed by atoms with Gasteiger partial charge in [-0.15, -0.1) is 0 Å². The minimum atomic E-state index is -0.315. The lowest BCUT2D eigenvalue weighted by Crippen LogP contribution is -2.41. The van der Waals surface area contributed by atoms with Gasteiger partial charge >= 0.3 is 0 Å². The first-order chi connectivity index (χ1) is 9.04. The largest absolute Gasteiger partial charge is 0.338 e. The van der Waals surface area contributed by atoms with Crippen molar-refractivity contribution in [3.8, 4) is 0 Å². The molecule has 0 saturated heterocycles. The second-order valence-corrected chi connectivity index (χ2v) is 6.20. The minimum Gasteiger partial charge on any atom is -0.338 e. The van der Waals surface area contributed by atoms with Gasteiger partial charge in [-0.2, -0.15) is 0 Å². The molecule has 5 heteroatoms. The maximum Gasteiger partial charge on any atom is 0.254 e. The van der Waals surface area contributed by atoms with Crippen LogP contribution in [-0.2, 0) is 0 Å². The normalized spacial score (nSPS) is 22.5. The summed E-state index contributed by atoms with van der Waals surface area (Å²) in [6.45, 7) is 0.614. The molecule has 0 aromatic heterocycles. The first-order valence-electron chi connectivity index (χ1n) is 6.47. The molecule has 2 unspecified atom stereocenters. The molecule has 0 radical (unpaired) electrons. The van der Waals surface area contributed by atoms with Gasteiger partial charge in [-0.05, 0) is 66.1 Å². The van der Waals surface area contributed by atoms with Gasteiger partial charge in [0.15, 0.2) is 0 Å². The zero-order chi connectivity index (χ0) is 14.0. The summed E-state index contributed by atoms with van der Waals surface area (Å²) in [7, 11) is 1.82. The third kappa shape index (κ3) is 3.08. The summed E-state index contributed by atoms with van der Waals surface area (Å²) < 4.78 is 13.7. The van der Waals surface area contributed by atoms with Crippen molar-refractivity contribution in [3.05, 3.63) is 33.1 Å².